The van der Waals surface area contributed by atoms with Crippen LogP contribution >= 0.6 is 0 Å². The number of hydrogen-bond donors (Lipinski definition) is 1. The molecule has 6 heteroatoms. The molecule has 0 unspecified atom stereocenters. The number of hydrogen-bond acceptors (Lipinski definition) is 4. The molecule has 0 saturated carbocycles. The largest absolute Gasteiger partial charge is 0.506 e. The van der Waals surface area contributed by atoms with Crippen LogP contribution in [0.3, 0.4) is 0 Å². The van der Waals surface area contributed by atoms with E-state index in [1.165, 1.54) is 10.8 Å². The molecule has 5 nitrogen and oxygen atoms in total. The van der Waals surface area contributed by atoms with E-state index in [2.05, 4.69) is 63.1 Å². The molecule has 4 aromatic carbocycles. The smallest absolute Gasteiger partial charge is 0.217 e. The summed E-state index contributed by atoms with van der Waals surface area (Å²) in [5.74, 6) is 1.85. The molecule has 0 aliphatic rings. The van der Waals surface area contributed by atoms with Crippen LogP contribution in [-0.2, 0) is 21.1 Å². The van der Waals surface area contributed by atoms with Crippen molar-refractivity contribution in [2.75, 3.05) is 0 Å². The molecule has 0 bridgehead atoms. The maximum absolute atomic E-state index is 10.2. The Bertz CT molecular complexity index is 1900. The van der Waals surface area contributed by atoms with Crippen molar-refractivity contribution in [3.05, 3.63) is 109 Å². The van der Waals surface area contributed by atoms with Crippen molar-refractivity contribution in [2.45, 2.75) is 0 Å². The van der Waals surface area contributed by atoms with E-state index in [1.807, 2.05) is 36.4 Å². The van der Waals surface area contributed by atoms with Gasteiger partial charge in [0.2, 0.25) is 5.88 Å². The Morgan fingerprint density at radius 1 is 0.750 bits per heavy atom. The van der Waals surface area contributed by atoms with Gasteiger partial charge in [-0.2, -0.15) is 6.07 Å². The fraction of sp³-hybridized carbons (Fsp3) is 0. The van der Waals surface area contributed by atoms with Gasteiger partial charge in [0.15, 0.2) is 0 Å². The second kappa shape index (κ2) is 8.78. The zero-order valence-electron chi connectivity index (χ0n) is 18.8. The zero-order chi connectivity index (χ0) is 23.4. The summed E-state index contributed by atoms with van der Waals surface area (Å²) in [6.45, 7) is 0. The maximum Gasteiger partial charge on any atom is 0.217 e. The molecule has 0 saturated heterocycles. The number of ether oxygens (including phenoxy) is 1. The average Bonchev–Trinajstić information content (AvgIpc) is 3.24. The van der Waals surface area contributed by atoms with Gasteiger partial charge in [0.1, 0.15) is 17.1 Å². The van der Waals surface area contributed by atoms with Crippen LogP contribution in [0.15, 0.2) is 103 Å². The molecular weight excluding hydrogens is 629 g/mol. The average molecular weight is 648 g/mol. The van der Waals surface area contributed by atoms with Gasteiger partial charge >= 0.3 is 0 Å². The van der Waals surface area contributed by atoms with Gasteiger partial charge in [-0.1, -0.05) is 54.0 Å². The molecule has 0 atom stereocenters. The minimum absolute atomic E-state index is 0. The quantitative estimate of drug-likeness (QED) is 0.207. The standard InChI is InChI=1S/C30H18N3O2.Pt/c34-26-9-5-7-20-12-16-28(32-30(20)26)35-21-13-14-23-25(18-21)33(27-10-3-4-17-31-27)24-15-11-19-6-1-2-8-22(19)29(23)24;/h1-17,34H;/q-1;. The molecule has 7 rings (SSSR count). The summed E-state index contributed by atoms with van der Waals surface area (Å²) >= 11 is 0. The van der Waals surface area contributed by atoms with Crippen LogP contribution < -0.4 is 4.74 Å². The fourth-order valence-corrected chi connectivity index (χ4v) is 4.76. The van der Waals surface area contributed by atoms with Crippen LogP contribution in [0.2, 0.25) is 0 Å². The Balaban J connectivity index is 0.00000240. The molecule has 176 valence electrons. The third kappa shape index (κ3) is 3.52. The Kier molecular flexibility index (Phi) is 5.43. The minimum Gasteiger partial charge on any atom is -0.506 e. The van der Waals surface area contributed by atoms with E-state index in [1.54, 1.807) is 24.4 Å². The summed E-state index contributed by atoms with van der Waals surface area (Å²) in [4.78, 5) is 9.12. The molecule has 3 aromatic heterocycles. The maximum atomic E-state index is 10.2. The van der Waals surface area contributed by atoms with E-state index < -0.39 is 0 Å². The first-order valence-corrected chi connectivity index (χ1v) is 11.3. The molecule has 3 heterocycles. The molecule has 0 aliphatic carbocycles. The molecule has 36 heavy (non-hydrogen) atoms. The van der Waals surface area contributed by atoms with E-state index in [9.17, 15) is 5.11 Å². The van der Waals surface area contributed by atoms with Gasteiger partial charge in [-0.25, -0.2) is 9.97 Å². The SMILES string of the molecule is Oc1cccc2ccc(Oc3[c-]c4c(cc3)c3c5ccccc5ccc3n4-c3ccccn3)nc12.[Pt]. The number of aromatic nitrogens is 3. The van der Waals surface area contributed by atoms with E-state index in [0.717, 1.165) is 33.0 Å². The van der Waals surface area contributed by atoms with Crippen molar-refractivity contribution in [1.82, 2.24) is 14.5 Å². The summed E-state index contributed by atoms with van der Waals surface area (Å²) in [7, 11) is 0. The van der Waals surface area contributed by atoms with Crippen molar-refractivity contribution in [2.24, 2.45) is 0 Å². The van der Waals surface area contributed by atoms with Crippen LogP contribution in [0.25, 0.3) is 49.3 Å². The Hall–Kier alpha value is -4.21. The normalized spacial score (nSPS) is 11.2. The van der Waals surface area contributed by atoms with Crippen molar-refractivity contribution < 1.29 is 30.9 Å². The van der Waals surface area contributed by atoms with E-state index in [-0.39, 0.29) is 26.8 Å². The van der Waals surface area contributed by atoms with Gasteiger partial charge in [0.05, 0.1) is 0 Å². The predicted molar refractivity (Wildman–Crippen MR) is 138 cm³/mol. The molecule has 7 aromatic rings. The summed E-state index contributed by atoms with van der Waals surface area (Å²) < 4.78 is 8.23. The number of rotatable bonds is 3. The number of fused-ring (bicyclic) bond motifs is 6. The topological polar surface area (TPSA) is 60.2 Å². The van der Waals surface area contributed by atoms with E-state index in [4.69, 9.17) is 4.74 Å². The Morgan fingerprint density at radius 2 is 1.58 bits per heavy atom. The van der Waals surface area contributed by atoms with Crippen LogP contribution in [0, 0.1) is 6.07 Å². The van der Waals surface area contributed by atoms with E-state index in [0.29, 0.717) is 17.1 Å². The first kappa shape index (κ1) is 22.3. The summed E-state index contributed by atoms with van der Waals surface area (Å²) in [5, 5.41) is 15.6. The van der Waals surface area contributed by atoms with Gasteiger partial charge in [-0.3, -0.25) is 0 Å². The van der Waals surface area contributed by atoms with Crippen LogP contribution in [0.4, 0.5) is 0 Å². The Labute approximate surface area is 220 Å². The number of phenolic OH excluding ortho intramolecular Hbond substituents is 1. The van der Waals surface area contributed by atoms with Crippen LogP contribution in [0.5, 0.6) is 17.4 Å². The number of phenols is 1. The number of aromatic hydroxyl groups is 1. The van der Waals surface area contributed by atoms with Gasteiger partial charge in [-0.15, -0.1) is 17.5 Å². The van der Waals surface area contributed by atoms with Gasteiger partial charge in [0, 0.05) is 50.0 Å². The second-order valence-corrected chi connectivity index (χ2v) is 8.39. The third-order valence-corrected chi connectivity index (χ3v) is 6.31. The zero-order valence-corrected chi connectivity index (χ0v) is 21.1. The van der Waals surface area contributed by atoms with Crippen molar-refractivity contribution in [3.8, 4) is 23.2 Å². The monoisotopic (exact) mass is 647 g/mol. The van der Waals surface area contributed by atoms with E-state index >= 15 is 0 Å². The molecular formula is C30H18N3O2Pt-. The van der Waals surface area contributed by atoms with Crippen LogP contribution in [0.1, 0.15) is 0 Å². The molecule has 1 N–H and O–H groups in total. The van der Waals surface area contributed by atoms with Crippen LogP contribution in [-0.4, -0.2) is 19.6 Å². The number of nitrogens with zero attached hydrogens (tertiary/aromatic N) is 3. The Morgan fingerprint density at radius 3 is 2.47 bits per heavy atom. The number of para-hydroxylation sites is 1. The summed E-state index contributed by atoms with van der Waals surface area (Å²) in [6, 6.07) is 35.0. The predicted octanol–water partition coefficient (Wildman–Crippen LogP) is 7.18. The van der Waals surface area contributed by atoms with Gasteiger partial charge in [0.25, 0.3) is 0 Å². The van der Waals surface area contributed by atoms with Crippen molar-refractivity contribution in [1.29, 1.82) is 0 Å². The van der Waals surface area contributed by atoms with Gasteiger partial charge in [-0.05, 0) is 46.5 Å². The second-order valence-electron chi connectivity index (χ2n) is 8.39. The van der Waals surface area contributed by atoms with Crippen molar-refractivity contribution in [3.63, 3.8) is 0 Å². The molecule has 0 radical (unpaired) electrons. The number of benzene rings is 4. The van der Waals surface area contributed by atoms with Crippen molar-refractivity contribution >= 4 is 43.5 Å². The first-order valence-electron chi connectivity index (χ1n) is 11.3. The fourth-order valence-electron chi connectivity index (χ4n) is 4.76. The first-order chi connectivity index (χ1) is 17.3. The molecule has 0 spiro atoms. The summed E-state index contributed by atoms with van der Waals surface area (Å²) in [6.07, 6.45) is 1.79. The minimum atomic E-state index is 0. The molecule has 0 fully saturated rings. The molecule has 0 amide bonds. The van der Waals surface area contributed by atoms with Gasteiger partial charge < -0.3 is 14.4 Å². The molecule has 0 aliphatic heterocycles. The third-order valence-electron chi connectivity index (χ3n) is 6.31. The summed E-state index contributed by atoms with van der Waals surface area (Å²) in [5.41, 5.74) is 2.43. The number of pyridine rings is 2.